The number of hydrogen-bond donors (Lipinski definition) is 1. The first-order valence-electron chi connectivity index (χ1n) is 4.51. The molecule has 1 aromatic rings. The monoisotopic (exact) mass is 209 g/mol. The summed E-state index contributed by atoms with van der Waals surface area (Å²) in [4.78, 5) is 6.88. The van der Waals surface area contributed by atoms with Gasteiger partial charge in [0.1, 0.15) is 5.82 Å². The average molecular weight is 209 g/mol. The first-order chi connectivity index (χ1) is 6.59. The van der Waals surface area contributed by atoms with E-state index in [-0.39, 0.29) is 0 Å². The van der Waals surface area contributed by atoms with Gasteiger partial charge in [0, 0.05) is 26.2 Å². The predicted octanol–water partition coefficient (Wildman–Crippen LogP) is 1.50. The van der Waals surface area contributed by atoms with E-state index in [1.807, 2.05) is 37.2 Å². The predicted molar refractivity (Wildman–Crippen MR) is 63.6 cm³/mol. The van der Waals surface area contributed by atoms with Gasteiger partial charge in [0.15, 0.2) is 0 Å². The number of aromatic nitrogens is 1. The van der Waals surface area contributed by atoms with Gasteiger partial charge in [0.25, 0.3) is 0 Å². The molecule has 0 spiro atoms. The van der Waals surface area contributed by atoms with Gasteiger partial charge in [-0.2, -0.15) is 0 Å². The van der Waals surface area contributed by atoms with Crippen molar-refractivity contribution in [2.75, 3.05) is 18.5 Å². The molecule has 0 fully saturated rings. The van der Waals surface area contributed by atoms with Crippen LogP contribution < -0.4 is 10.6 Å². The molecule has 0 amide bonds. The molecule has 0 aromatic carbocycles. The molecule has 0 saturated carbocycles. The third-order valence-corrected chi connectivity index (χ3v) is 2.18. The lowest BCUT2D eigenvalue weighted by atomic mass is 10.3. The van der Waals surface area contributed by atoms with Crippen LogP contribution in [-0.2, 0) is 0 Å². The van der Waals surface area contributed by atoms with E-state index >= 15 is 0 Å². The van der Waals surface area contributed by atoms with Crippen LogP contribution in [0.3, 0.4) is 0 Å². The van der Waals surface area contributed by atoms with Crippen molar-refractivity contribution < 1.29 is 0 Å². The summed E-state index contributed by atoms with van der Waals surface area (Å²) in [6, 6.07) is 4.04. The molecule has 1 rings (SSSR count). The fraction of sp³-hybridized carbons (Fsp3) is 0.400. The highest BCUT2D eigenvalue weighted by Crippen LogP contribution is 2.08. The number of aryl methyl sites for hydroxylation is 1. The van der Waals surface area contributed by atoms with Gasteiger partial charge in [-0.05, 0) is 18.6 Å². The molecule has 2 N–H and O–H groups in total. The summed E-state index contributed by atoms with van der Waals surface area (Å²) in [7, 11) is 1.98. The van der Waals surface area contributed by atoms with E-state index in [0.717, 1.165) is 24.3 Å². The quantitative estimate of drug-likeness (QED) is 0.763. The van der Waals surface area contributed by atoms with Crippen molar-refractivity contribution in [1.82, 2.24) is 4.98 Å². The topological polar surface area (TPSA) is 42.1 Å². The lowest BCUT2D eigenvalue weighted by Gasteiger charge is -2.17. The molecule has 0 aliphatic rings. The van der Waals surface area contributed by atoms with Crippen LogP contribution in [0.2, 0.25) is 0 Å². The summed E-state index contributed by atoms with van der Waals surface area (Å²) >= 11 is 4.82. The maximum Gasteiger partial charge on any atom is 0.128 e. The smallest absolute Gasteiger partial charge is 0.128 e. The van der Waals surface area contributed by atoms with Gasteiger partial charge in [-0.15, -0.1) is 0 Å². The van der Waals surface area contributed by atoms with E-state index in [4.69, 9.17) is 18.0 Å². The fourth-order valence-corrected chi connectivity index (χ4v) is 1.17. The number of pyridine rings is 1. The minimum atomic E-state index is 0.545. The molecule has 3 nitrogen and oxygen atoms in total. The van der Waals surface area contributed by atoms with E-state index in [1.54, 1.807) is 0 Å². The zero-order valence-corrected chi connectivity index (χ0v) is 9.34. The maximum atomic E-state index is 5.43. The van der Waals surface area contributed by atoms with Gasteiger partial charge < -0.3 is 10.6 Å². The minimum absolute atomic E-state index is 0.545. The van der Waals surface area contributed by atoms with Crippen LogP contribution in [0.15, 0.2) is 18.3 Å². The molecule has 1 aromatic heterocycles. The van der Waals surface area contributed by atoms with Crippen molar-refractivity contribution in [2.24, 2.45) is 5.73 Å². The number of thiocarbonyl (C=S) groups is 1. The molecule has 0 saturated heterocycles. The second kappa shape index (κ2) is 4.91. The number of hydrogen-bond acceptors (Lipinski definition) is 3. The van der Waals surface area contributed by atoms with Crippen molar-refractivity contribution in [3.8, 4) is 0 Å². The van der Waals surface area contributed by atoms with Gasteiger partial charge in [-0.3, -0.25) is 0 Å². The molecule has 0 bridgehead atoms. The van der Waals surface area contributed by atoms with E-state index in [0.29, 0.717) is 4.99 Å². The van der Waals surface area contributed by atoms with Crippen LogP contribution in [0.5, 0.6) is 0 Å². The Kier molecular flexibility index (Phi) is 3.83. The Hall–Kier alpha value is -1.16. The van der Waals surface area contributed by atoms with Crippen LogP contribution >= 0.6 is 12.2 Å². The summed E-state index contributed by atoms with van der Waals surface area (Å²) in [5.41, 5.74) is 6.59. The Bertz CT molecular complexity index is 308. The van der Waals surface area contributed by atoms with Crippen LogP contribution in [0.25, 0.3) is 0 Å². The lowest BCUT2D eigenvalue weighted by Crippen LogP contribution is -2.23. The Morgan fingerprint density at radius 2 is 2.29 bits per heavy atom. The Morgan fingerprint density at radius 1 is 1.57 bits per heavy atom. The van der Waals surface area contributed by atoms with Crippen molar-refractivity contribution >= 4 is 23.0 Å². The Labute approximate surface area is 89.9 Å². The standard InChI is InChI=1S/C10H15N3S/c1-8-3-4-10(12-7-8)13(2)6-5-9(11)14/h3-4,7H,5-6H2,1-2H3,(H2,11,14). The zero-order valence-electron chi connectivity index (χ0n) is 8.53. The summed E-state index contributed by atoms with van der Waals surface area (Å²) in [5, 5.41) is 0. The molecule has 4 heteroatoms. The number of anilines is 1. The minimum Gasteiger partial charge on any atom is -0.393 e. The van der Waals surface area contributed by atoms with Gasteiger partial charge in [-0.1, -0.05) is 18.3 Å². The van der Waals surface area contributed by atoms with Crippen LogP contribution in [0.4, 0.5) is 5.82 Å². The second-order valence-electron chi connectivity index (χ2n) is 3.33. The highest BCUT2D eigenvalue weighted by atomic mass is 32.1. The van der Waals surface area contributed by atoms with E-state index in [1.165, 1.54) is 0 Å². The van der Waals surface area contributed by atoms with Gasteiger partial charge in [0.05, 0.1) is 4.99 Å². The molecule has 1 heterocycles. The molecule has 14 heavy (non-hydrogen) atoms. The molecular weight excluding hydrogens is 194 g/mol. The van der Waals surface area contributed by atoms with Gasteiger partial charge >= 0.3 is 0 Å². The molecule has 0 aliphatic heterocycles. The Morgan fingerprint density at radius 3 is 2.79 bits per heavy atom. The second-order valence-corrected chi connectivity index (χ2v) is 3.86. The summed E-state index contributed by atoms with van der Waals surface area (Å²) < 4.78 is 0. The molecule has 0 unspecified atom stereocenters. The molecule has 76 valence electrons. The van der Waals surface area contributed by atoms with Crippen molar-refractivity contribution in [1.29, 1.82) is 0 Å². The van der Waals surface area contributed by atoms with Crippen LogP contribution in [-0.4, -0.2) is 23.6 Å². The zero-order chi connectivity index (χ0) is 10.6. The summed E-state index contributed by atoms with van der Waals surface area (Å²) in [6.45, 7) is 2.83. The number of nitrogens with zero attached hydrogens (tertiary/aromatic N) is 2. The number of rotatable bonds is 4. The molecule has 0 atom stereocenters. The lowest BCUT2D eigenvalue weighted by molar-refractivity contribution is 0.897. The molecular formula is C10H15N3S. The SMILES string of the molecule is Cc1ccc(N(C)CCC(N)=S)nc1. The van der Waals surface area contributed by atoms with Crippen LogP contribution in [0, 0.1) is 6.92 Å². The first-order valence-corrected chi connectivity index (χ1v) is 4.92. The van der Waals surface area contributed by atoms with Gasteiger partial charge in [-0.25, -0.2) is 4.98 Å². The van der Waals surface area contributed by atoms with Crippen molar-refractivity contribution in [3.63, 3.8) is 0 Å². The Balaban J connectivity index is 2.56. The largest absolute Gasteiger partial charge is 0.393 e. The van der Waals surface area contributed by atoms with Crippen LogP contribution in [0.1, 0.15) is 12.0 Å². The molecule has 0 aliphatic carbocycles. The van der Waals surface area contributed by atoms with Gasteiger partial charge in [0.2, 0.25) is 0 Å². The summed E-state index contributed by atoms with van der Waals surface area (Å²) in [6.07, 6.45) is 2.58. The molecule has 0 radical (unpaired) electrons. The third kappa shape index (κ3) is 3.30. The van der Waals surface area contributed by atoms with E-state index in [9.17, 15) is 0 Å². The normalized spacial score (nSPS) is 9.86. The van der Waals surface area contributed by atoms with E-state index in [2.05, 4.69) is 4.98 Å². The van der Waals surface area contributed by atoms with Crippen molar-refractivity contribution in [2.45, 2.75) is 13.3 Å². The average Bonchev–Trinajstić information content (AvgIpc) is 2.15. The highest BCUT2D eigenvalue weighted by molar-refractivity contribution is 7.80. The fourth-order valence-electron chi connectivity index (χ4n) is 1.08. The number of nitrogens with two attached hydrogens (primary N) is 1. The first kappa shape index (κ1) is 10.9. The summed E-state index contributed by atoms with van der Waals surface area (Å²) in [5.74, 6) is 0.951. The highest BCUT2D eigenvalue weighted by Gasteiger charge is 2.01. The van der Waals surface area contributed by atoms with E-state index < -0.39 is 0 Å². The maximum absolute atomic E-state index is 5.43. The van der Waals surface area contributed by atoms with Crippen molar-refractivity contribution in [3.05, 3.63) is 23.9 Å². The third-order valence-electron chi connectivity index (χ3n) is 1.98.